The molecule has 3 aromatic rings. The summed E-state index contributed by atoms with van der Waals surface area (Å²) in [7, 11) is 0. The number of Topliss-reactive ketones (excluding diaryl/α,β-unsaturated/α-hetero) is 1. The number of nitrogens with one attached hydrogen (secondary N) is 2. The van der Waals surface area contributed by atoms with Crippen LogP contribution in [0.1, 0.15) is 12.5 Å². The van der Waals surface area contributed by atoms with Crippen LogP contribution in [0, 0.1) is 0 Å². The summed E-state index contributed by atoms with van der Waals surface area (Å²) >= 11 is 18.9. The monoisotopic (exact) mass is 512 g/mol. The molecule has 0 unspecified atom stereocenters. The summed E-state index contributed by atoms with van der Waals surface area (Å²) in [6, 6.07) is 28.8. The molecule has 0 aliphatic heterocycles. The van der Waals surface area contributed by atoms with Gasteiger partial charge in [0.05, 0.1) is 5.70 Å². The lowest BCUT2D eigenvalue weighted by molar-refractivity contribution is -0.121. The van der Waals surface area contributed by atoms with Gasteiger partial charge in [0, 0.05) is 6.54 Å². The number of hydrogen-bond donors (Lipinski definition) is 2. The van der Waals surface area contributed by atoms with Gasteiger partial charge in [-0.1, -0.05) is 137 Å². The van der Waals surface area contributed by atoms with E-state index in [1.54, 1.807) is 0 Å². The smallest absolute Gasteiger partial charge is 0.320 e. The lowest BCUT2D eigenvalue weighted by Gasteiger charge is -2.26. The maximum absolute atomic E-state index is 13.1. The number of rotatable bonds is 9. The van der Waals surface area contributed by atoms with Gasteiger partial charge in [0.25, 0.3) is 5.91 Å². The summed E-state index contributed by atoms with van der Waals surface area (Å²) in [6.07, 6.45) is 0.602. The van der Waals surface area contributed by atoms with Gasteiger partial charge in [0.15, 0.2) is 5.78 Å². The third kappa shape index (κ3) is 7.13. The number of alkyl halides is 3. The standard InChI is InChI=1S/C26H24BCl3N2O2/c1-19(33)23(25(34)31-18-17-20-11-5-2-6-12-20)24(26(28,29)30)32-27(21-13-7-3-8-14-21)22-15-9-4-10-16-22/h2-16,32H,17-18H2,1H3,(H,31,34)/b24-23-. The van der Waals surface area contributed by atoms with Crippen molar-refractivity contribution in [2.24, 2.45) is 0 Å². The molecule has 3 aromatic carbocycles. The Morgan fingerprint density at radius 3 is 1.71 bits per heavy atom. The molecule has 4 nitrogen and oxygen atoms in total. The van der Waals surface area contributed by atoms with Crippen LogP contribution in [0.25, 0.3) is 0 Å². The molecule has 0 spiro atoms. The fourth-order valence-corrected chi connectivity index (χ4v) is 4.04. The van der Waals surface area contributed by atoms with Gasteiger partial charge in [-0.05, 0) is 18.9 Å². The van der Waals surface area contributed by atoms with Crippen LogP contribution in [-0.4, -0.2) is 28.9 Å². The Balaban J connectivity index is 1.95. The predicted molar refractivity (Wildman–Crippen MR) is 142 cm³/mol. The van der Waals surface area contributed by atoms with Crippen molar-refractivity contribution in [3.8, 4) is 0 Å². The van der Waals surface area contributed by atoms with Crippen LogP contribution < -0.4 is 21.5 Å². The van der Waals surface area contributed by atoms with Crippen LogP contribution in [0.3, 0.4) is 0 Å². The number of carbonyl (C=O) groups is 2. The lowest BCUT2D eigenvalue weighted by Crippen LogP contribution is -2.56. The van der Waals surface area contributed by atoms with Crippen LogP contribution in [0.5, 0.6) is 0 Å². The number of ketones is 1. The molecule has 0 aliphatic carbocycles. The molecule has 2 N–H and O–H groups in total. The summed E-state index contributed by atoms with van der Waals surface area (Å²) in [5.74, 6) is -1.11. The maximum atomic E-state index is 13.1. The Kier molecular flexibility index (Phi) is 9.23. The van der Waals surface area contributed by atoms with Crippen LogP contribution >= 0.6 is 34.8 Å². The second kappa shape index (κ2) is 12.1. The first kappa shape index (κ1) is 25.9. The Bertz CT molecular complexity index is 1100. The molecule has 34 heavy (non-hydrogen) atoms. The molecule has 0 radical (unpaired) electrons. The van der Waals surface area contributed by atoms with Gasteiger partial charge in [0.1, 0.15) is 5.57 Å². The third-order valence-corrected chi connectivity index (χ3v) is 5.78. The molecule has 3 rings (SSSR count). The largest absolute Gasteiger partial charge is 0.419 e. The number of halogens is 3. The predicted octanol–water partition coefficient (Wildman–Crippen LogP) is 3.95. The van der Waals surface area contributed by atoms with Crippen molar-refractivity contribution in [3.63, 3.8) is 0 Å². The van der Waals surface area contributed by atoms with Crippen LogP contribution in [-0.2, 0) is 16.0 Å². The minimum absolute atomic E-state index is 0.0695. The normalized spacial score (nSPS) is 11.9. The summed E-state index contributed by atoms with van der Waals surface area (Å²) in [5.41, 5.74) is 2.54. The van der Waals surface area contributed by atoms with E-state index < -0.39 is 22.3 Å². The van der Waals surface area contributed by atoms with Crippen molar-refractivity contribution in [3.05, 3.63) is 108 Å². The van der Waals surface area contributed by atoms with E-state index in [2.05, 4.69) is 10.5 Å². The van der Waals surface area contributed by atoms with E-state index in [0.717, 1.165) is 16.5 Å². The average Bonchev–Trinajstić information content (AvgIpc) is 2.82. The van der Waals surface area contributed by atoms with Gasteiger partial charge in [0.2, 0.25) is 3.79 Å². The number of hydrogen-bond acceptors (Lipinski definition) is 3. The zero-order chi connectivity index (χ0) is 24.6. The molecule has 0 saturated carbocycles. The SMILES string of the molecule is CC(=O)/C(C(=O)NCCc1ccccc1)=C(/NB(c1ccccc1)c1ccccc1)C(Cl)(Cl)Cl. The molecule has 0 saturated heterocycles. The quantitative estimate of drug-likeness (QED) is 0.150. The fraction of sp³-hybridized carbons (Fsp3) is 0.154. The van der Waals surface area contributed by atoms with Crippen LogP contribution in [0.2, 0.25) is 0 Å². The molecule has 0 aromatic heterocycles. The van der Waals surface area contributed by atoms with E-state index in [1.807, 2.05) is 91.0 Å². The first-order chi connectivity index (χ1) is 16.3. The highest BCUT2D eigenvalue weighted by atomic mass is 35.6. The van der Waals surface area contributed by atoms with E-state index in [1.165, 1.54) is 6.92 Å². The van der Waals surface area contributed by atoms with E-state index in [-0.39, 0.29) is 11.3 Å². The highest BCUT2D eigenvalue weighted by molar-refractivity contribution is 6.84. The summed E-state index contributed by atoms with van der Waals surface area (Å²) in [5, 5.41) is 5.98. The van der Waals surface area contributed by atoms with E-state index in [0.29, 0.717) is 13.0 Å². The van der Waals surface area contributed by atoms with Crippen LogP contribution in [0.4, 0.5) is 0 Å². The maximum Gasteiger partial charge on any atom is 0.320 e. The Labute approximate surface area is 215 Å². The van der Waals surface area contributed by atoms with Crippen molar-refractivity contribution in [1.82, 2.24) is 10.5 Å². The fourth-order valence-electron chi connectivity index (χ4n) is 3.59. The molecular formula is C26H24BCl3N2O2. The molecule has 0 fully saturated rings. The number of benzene rings is 3. The Morgan fingerprint density at radius 1 is 0.794 bits per heavy atom. The van der Waals surface area contributed by atoms with Gasteiger partial charge in [-0.3, -0.25) is 9.59 Å². The summed E-state index contributed by atoms with van der Waals surface area (Å²) < 4.78 is -2.04. The molecule has 0 atom stereocenters. The van der Waals surface area contributed by atoms with Crippen molar-refractivity contribution in [1.29, 1.82) is 0 Å². The molecule has 174 valence electrons. The zero-order valence-electron chi connectivity index (χ0n) is 18.6. The van der Waals surface area contributed by atoms with Gasteiger partial charge in [-0.2, -0.15) is 0 Å². The first-order valence-corrected chi connectivity index (χ1v) is 11.9. The van der Waals surface area contributed by atoms with Crippen molar-refractivity contribution in [2.75, 3.05) is 6.54 Å². The topological polar surface area (TPSA) is 58.2 Å². The number of carbonyl (C=O) groups excluding carboxylic acids is 2. The van der Waals surface area contributed by atoms with Crippen LogP contribution in [0.15, 0.2) is 102 Å². The van der Waals surface area contributed by atoms with Gasteiger partial charge in [-0.15, -0.1) is 0 Å². The van der Waals surface area contributed by atoms with E-state index in [4.69, 9.17) is 34.8 Å². The second-order valence-corrected chi connectivity index (χ2v) is 9.98. The van der Waals surface area contributed by atoms with Crippen molar-refractivity contribution < 1.29 is 9.59 Å². The highest BCUT2D eigenvalue weighted by Gasteiger charge is 2.36. The summed E-state index contributed by atoms with van der Waals surface area (Å²) in [6.45, 7) is 1.15. The molecule has 8 heteroatoms. The van der Waals surface area contributed by atoms with E-state index >= 15 is 0 Å². The van der Waals surface area contributed by atoms with Gasteiger partial charge in [-0.25, -0.2) is 0 Å². The first-order valence-electron chi connectivity index (χ1n) is 10.8. The zero-order valence-corrected chi connectivity index (χ0v) is 20.9. The van der Waals surface area contributed by atoms with Gasteiger partial charge < -0.3 is 10.5 Å². The highest BCUT2D eigenvalue weighted by Crippen LogP contribution is 2.35. The molecule has 0 bridgehead atoms. The molecular weight excluding hydrogens is 489 g/mol. The third-order valence-electron chi connectivity index (χ3n) is 5.21. The Hall–Kier alpha value is -2.73. The van der Waals surface area contributed by atoms with E-state index in [9.17, 15) is 9.59 Å². The molecule has 0 aliphatic rings. The summed E-state index contributed by atoms with van der Waals surface area (Å²) in [4.78, 5) is 25.7. The second-order valence-electron chi connectivity index (χ2n) is 7.69. The van der Waals surface area contributed by atoms with Crippen molar-refractivity contribution >= 4 is 64.3 Å². The molecule has 1 amide bonds. The Morgan fingerprint density at radius 2 is 1.26 bits per heavy atom. The minimum Gasteiger partial charge on any atom is -0.419 e. The molecule has 0 heterocycles. The lowest BCUT2D eigenvalue weighted by atomic mass is 9.50. The van der Waals surface area contributed by atoms with Gasteiger partial charge >= 0.3 is 6.85 Å². The number of amides is 1. The average molecular weight is 514 g/mol. The van der Waals surface area contributed by atoms with Crippen molar-refractivity contribution in [2.45, 2.75) is 17.1 Å². The number of allylic oxidation sites excluding steroid dienone is 1. The minimum atomic E-state index is -2.04.